The van der Waals surface area contributed by atoms with Crippen molar-refractivity contribution in [2.75, 3.05) is 13.3 Å². The van der Waals surface area contributed by atoms with Crippen LogP contribution in [-0.4, -0.2) is 36.2 Å². The van der Waals surface area contributed by atoms with E-state index in [0.29, 0.717) is 22.6 Å². The third-order valence-corrected chi connectivity index (χ3v) is 4.37. The molecule has 0 radical (unpaired) electrons. The molecule has 156 valence electrons. The van der Waals surface area contributed by atoms with Crippen molar-refractivity contribution >= 4 is 23.9 Å². The molecule has 0 bridgehead atoms. The lowest BCUT2D eigenvalue weighted by atomic mass is 10.1. The smallest absolute Gasteiger partial charge is 0.303 e. The Morgan fingerprint density at radius 3 is 2.53 bits per heavy atom. The van der Waals surface area contributed by atoms with E-state index in [1.807, 2.05) is 19.1 Å². The number of nitrogens with one attached hydrogen (secondary N) is 2. The number of carbonyl (C=O) groups excluding carboxylic acids is 2. The molecule has 8 nitrogen and oxygen atoms in total. The summed E-state index contributed by atoms with van der Waals surface area (Å²) < 4.78 is 10.6. The number of aryl methyl sites for hydroxylation is 1. The average Bonchev–Trinajstić information content (AvgIpc) is 3.18. The first-order valence-electron chi connectivity index (χ1n) is 9.42. The van der Waals surface area contributed by atoms with Gasteiger partial charge < -0.3 is 25.2 Å². The maximum atomic E-state index is 12.6. The Morgan fingerprint density at radius 1 is 1.07 bits per heavy atom. The van der Waals surface area contributed by atoms with Crippen LogP contribution in [0, 0.1) is 6.92 Å². The zero-order chi connectivity index (χ0) is 21.5. The van der Waals surface area contributed by atoms with Crippen LogP contribution >= 0.6 is 0 Å². The number of carboxylic acids is 1. The predicted octanol–water partition coefficient (Wildman–Crippen LogP) is 2.48. The SMILES string of the molecule is Cc1ccc(C(=O)NC(=Cc2ccc3c(c2)OCO3)C(=O)NCCCC(=O)O)cc1. The van der Waals surface area contributed by atoms with Gasteiger partial charge in [-0.1, -0.05) is 23.8 Å². The van der Waals surface area contributed by atoms with Crippen molar-refractivity contribution in [2.45, 2.75) is 19.8 Å². The van der Waals surface area contributed by atoms with Gasteiger partial charge in [-0.2, -0.15) is 0 Å². The molecule has 1 aliphatic rings. The van der Waals surface area contributed by atoms with Crippen LogP contribution < -0.4 is 20.1 Å². The fraction of sp³-hybridized carbons (Fsp3) is 0.227. The highest BCUT2D eigenvalue weighted by atomic mass is 16.7. The molecule has 2 aromatic carbocycles. The van der Waals surface area contributed by atoms with Crippen LogP contribution in [0.15, 0.2) is 48.2 Å². The largest absolute Gasteiger partial charge is 0.481 e. The molecule has 3 rings (SSSR count). The van der Waals surface area contributed by atoms with Crippen LogP contribution in [0.25, 0.3) is 6.08 Å². The van der Waals surface area contributed by atoms with Gasteiger partial charge in [0.25, 0.3) is 11.8 Å². The lowest BCUT2D eigenvalue weighted by Gasteiger charge is -2.11. The predicted molar refractivity (Wildman–Crippen MR) is 109 cm³/mol. The molecule has 0 spiro atoms. The topological polar surface area (TPSA) is 114 Å². The van der Waals surface area contributed by atoms with E-state index in [0.717, 1.165) is 5.56 Å². The normalized spacial score (nSPS) is 12.4. The number of carboxylic acid groups (broad SMARTS) is 1. The maximum Gasteiger partial charge on any atom is 0.303 e. The monoisotopic (exact) mass is 410 g/mol. The van der Waals surface area contributed by atoms with Gasteiger partial charge in [0.05, 0.1) is 0 Å². The zero-order valence-corrected chi connectivity index (χ0v) is 16.4. The summed E-state index contributed by atoms with van der Waals surface area (Å²) in [7, 11) is 0. The Bertz CT molecular complexity index is 982. The van der Waals surface area contributed by atoms with Crippen molar-refractivity contribution in [1.29, 1.82) is 0 Å². The third kappa shape index (κ3) is 5.60. The van der Waals surface area contributed by atoms with Crippen molar-refractivity contribution in [2.24, 2.45) is 0 Å². The third-order valence-electron chi connectivity index (χ3n) is 4.37. The molecule has 8 heteroatoms. The summed E-state index contributed by atoms with van der Waals surface area (Å²) in [6.07, 6.45) is 1.75. The second-order valence-electron chi connectivity index (χ2n) is 6.74. The van der Waals surface area contributed by atoms with Gasteiger partial charge in [-0.15, -0.1) is 0 Å². The number of fused-ring (bicyclic) bond motifs is 1. The van der Waals surface area contributed by atoms with Gasteiger partial charge in [0.2, 0.25) is 6.79 Å². The second-order valence-corrected chi connectivity index (χ2v) is 6.74. The molecule has 0 unspecified atom stereocenters. The molecule has 0 saturated heterocycles. The van der Waals surface area contributed by atoms with Crippen molar-refractivity contribution in [1.82, 2.24) is 10.6 Å². The summed E-state index contributed by atoms with van der Waals surface area (Å²) in [6.45, 7) is 2.21. The van der Waals surface area contributed by atoms with E-state index in [9.17, 15) is 14.4 Å². The number of rotatable bonds is 8. The highest BCUT2D eigenvalue weighted by molar-refractivity contribution is 6.05. The van der Waals surface area contributed by atoms with Crippen LogP contribution in [0.4, 0.5) is 0 Å². The van der Waals surface area contributed by atoms with E-state index in [4.69, 9.17) is 14.6 Å². The number of hydrogen-bond donors (Lipinski definition) is 3. The average molecular weight is 410 g/mol. The molecule has 2 amide bonds. The molecule has 1 aliphatic heterocycles. The Balaban J connectivity index is 1.78. The molecule has 30 heavy (non-hydrogen) atoms. The van der Waals surface area contributed by atoms with Crippen molar-refractivity contribution in [3.63, 3.8) is 0 Å². The standard InChI is InChI=1S/C22H22N2O6/c1-14-4-7-16(8-5-14)21(27)24-17(22(28)23-10-2-3-20(25)26)11-15-6-9-18-19(12-15)30-13-29-18/h4-9,11-12H,2-3,10,13H2,1H3,(H,23,28)(H,24,27)(H,25,26). The van der Waals surface area contributed by atoms with E-state index in [2.05, 4.69) is 10.6 Å². The number of hydrogen-bond acceptors (Lipinski definition) is 5. The number of carbonyl (C=O) groups is 3. The van der Waals surface area contributed by atoms with Gasteiger partial charge in [0.1, 0.15) is 5.70 Å². The minimum absolute atomic E-state index is 0.0368. The van der Waals surface area contributed by atoms with E-state index >= 15 is 0 Å². The van der Waals surface area contributed by atoms with Crippen molar-refractivity contribution in [3.8, 4) is 11.5 Å². The van der Waals surface area contributed by atoms with Crippen LogP contribution in [0.2, 0.25) is 0 Å². The van der Waals surface area contributed by atoms with Crippen LogP contribution in [0.3, 0.4) is 0 Å². The van der Waals surface area contributed by atoms with Crippen molar-refractivity contribution < 1.29 is 29.0 Å². The summed E-state index contributed by atoms with van der Waals surface area (Å²) in [5.41, 5.74) is 2.10. The summed E-state index contributed by atoms with van der Waals surface area (Å²) in [5.74, 6) is -0.723. The fourth-order valence-electron chi connectivity index (χ4n) is 2.76. The number of amides is 2. The van der Waals surface area contributed by atoms with Gasteiger partial charge in [-0.25, -0.2) is 0 Å². The Morgan fingerprint density at radius 2 is 1.80 bits per heavy atom. The Kier molecular flexibility index (Phi) is 6.69. The lowest BCUT2D eigenvalue weighted by Crippen LogP contribution is -2.35. The summed E-state index contributed by atoms with van der Waals surface area (Å²) in [4.78, 5) is 35.9. The van der Waals surface area contributed by atoms with E-state index in [1.165, 1.54) is 6.08 Å². The van der Waals surface area contributed by atoms with E-state index < -0.39 is 17.8 Å². The lowest BCUT2D eigenvalue weighted by molar-refractivity contribution is -0.137. The van der Waals surface area contributed by atoms with Crippen LogP contribution in [-0.2, 0) is 9.59 Å². The summed E-state index contributed by atoms with van der Waals surface area (Å²) in [5, 5.41) is 14.0. The van der Waals surface area contributed by atoms with Gasteiger partial charge in [0, 0.05) is 18.5 Å². The Labute approximate surface area is 173 Å². The van der Waals surface area contributed by atoms with Gasteiger partial charge in [-0.3, -0.25) is 14.4 Å². The highest BCUT2D eigenvalue weighted by Crippen LogP contribution is 2.33. The summed E-state index contributed by atoms with van der Waals surface area (Å²) >= 11 is 0. The fourth-order valence-corrected chi connectivity index (χ4v) is 2.76. The molecule has 0 fully saturated rings. The molecule has 0 saturated carbocycles. The molecule has 1 heterocycles. The zero-order valence-electron chi connectivity index (χ0n) is 16.4. The van der Waals surface area contributed by atoms with E-state index in [-0.39, 0.29) is 31.9 Å². The maximum absolute atomic E-state index is 12.6. The molecule has 2 aromatic rings. The first-order valence-corrected chi connectivity index (χ1v) is 9.42. The van der Waals surface area contributed by atoms with Crippen LogP contribution in [0.5, 0.6) is 11.5 Å². The van der Waals surface area contributed by atoms with Gasteiger partial charge in [0.15, 0.2) is 11.5 Å². The minimum Gasteiger partial charge on any atom is -0.481 e. The quantitative estimate of drug-likeness (QED) is 0.455. The number of ether oxygens (including phenoxy) is 2. The first kappa shape index (κ1) is 20.9. The van der Waals surface area contributed by atoms with Crippen LogP contribution in [0.1, 0.15) is 34.3 Å². The molecule has 3 N–H and O–H groups in total. The van der Waals surface area contributed by atoms with Crippen molar-refractivity contribution in [3.05, 3.63) is 64.9 Å². The number of benzene rings is 2. The molecular weight excluding hydrogens is 388 g/mol. The highest BCUT2D eigenvalue weighted by Gasteiger charge is 2.17. The second kappa shape index (κ2) is 9.60. The van der Waals surface area contributed by atoms with Gasteiger partial charge in [-0.05, 0) is 49.2 Å². The molecule has 0 aromatic heterocycles. The number of aliphatic carboxylic acids is 1. The Hall–Kier alpha value is -3.81. The first-order chi connectivity index (χ1) is 14.4. The molecule has 0 aliphatic carbocycles. The molecular formula is C22H22N2O6. The molecule has 0 atom stereocenters. The minimum atomic E-state index is -0.937. The van der Waals surface area contributed by atoms with E-state index in [1.54, 1.807) is 30.3 Å². The van der Waals surface area contributed by atoms with Gasteiger partial charge >= 0.3 is 5.97 Å². The summed E-state index contributed by atoms with van der Waals surface area (Å²) in [6, 6.07) is 12.1.